The van der Waals surface area contributed by atoms with Crippen LogP contribution in [0.4, 0.5) is 0 Å². The Morgan fingerprint density at radius 1 is 0.329 bits per heavy atom. The summed E-state index contributed by atoms with van der Waals surface area (Å²) in [4.78, 5) is 24.2. The molecule has 0 aromatic heterocycles. The van der Waals surface area contributed by atoms with Crippen molar-refractivity contribution < 1.29 is 154 Å². The van der Waals surface area contributed by atoms with E-state index in [0.717, 1.165) is 13.8 Å². The summed E-state index contributed by atoms with van der Waals surface area (Å²) in [5.74, 6) is -1.48. The number of aliphatic hydroxyl groups excluding tert-OH is 18. The van der Waals surface area contributed by atoms with Gasteiger partial charge in [-0.05, 0) is 0 Å². The highest BCUT2D eigenvalue weighted by molar-refractivity contribution is 5.73. The van der Waals surface area contributed by atoms with Gasteiger partial charge in [0.15, 0.2) is 37.7 Å². The van der Waals surface area contributed by atoms with E-state index in [2.05, 4.69) is 10.6 Å². The molecule has 20 N–H and O–H groups in total. The van der Waals surface area contributed by atoms with Gasteiger partial charge in [0.2, 0.25) is 11.8 Å². The highest BCUT2D eigenvalue weighted by atomic mass is 16.8. The second-order valence-electron chi connectivity index (χ2n) is 18.2. The number of ether oxygens (including phenoxy) is 11. The minimum Gasteiger partial charge on any atom is -0.394 e. The molecule has 0 aliphatic carbocycles. The molecule has 33 heteroatoms. The van der Waals surface area contributed by atoms with Gasteiger partial charge in [-0.15, -0.1) is 0 Å². The largest absolute Gasteiger partial charge is 0.394 e. The van der Waals surface area contributed by atoms with Crippen molar-refractivity contribution in [1.82, 2.24) is 10.6 Å². The van der Waals surface area contributed by atoms with Crippen LogP contribution in [0.25, 0.3) is 0 Å². The van der Waals surface area contributed by atoms with Gasteiger partial charge in [0, 0.05) is 13.8 Å². The Kier molecular flexibility index (Phi) is 21.3. The summed E-state index contributed by atoms with van der Waals surface area (Å²) in [6.45, 7) is -3.60. The molecule has 424 valence electrons. The normalized spacial score (nSPS) is 49.8. The van der Waals surface area contributed by atoms with Crippen LogP contribution in [0, 0.1) is 0 Å². The second kappa shape index (κ2) is 26.0. The maximum absolute atomic E-state index is 12.4. The average molecular weight is 1070 g/mol. The van der Waals surface area contributed by atoms with Crippen LogP contribution < -0.4 is 10.6 Å². The van der Waals surface area contributed by atoms with Gasteiger partial charge in [-0.2, -0.15) is 0 Å². The van der Waals surface area contributed by atoms with Gasteiger partial charge in [0.25, 0.3) is 0 Å². The highest BCUT2D eigenvalue weighted by Crippen LogP contribution is 2.37. The molecular weight excluding hydrogens is 1000 g/mol. The number of carbonyl (C=O) groups excluding carboxylic acids is 2. The van der Waals surface area contributed by atoms with E-state index >= 15 is 0 Å². The number of nitrogens with one attached hydrogen (secondary N) is 2. The van der Waals surface area contributed by atoms with Gasteiger partial charge in [0.1, 0.15) is 146 Å². The molecule has 0 saturated carbocycles. The van der Waals surface area contributed by atoms with E-state index in [1.165, 1.54) is 0 Å². The molecule has 0 spiro atoms. The molecule has 30 atom stereocenters. The number of rotatable bonds is 18. The molecule has 0 aromatic carbocycles. The predicted molar refractivity (Wildman–Crippen MR) is 222 cm³/mol. The molecule has 33 nitrogen and oxygen atoms in total. The lowest BCUT2D eigenvalue weighted by Crippen LogP contribution is -2.70. The smallest absolute Gasteiger partial charge is 0.217 e. The lowest BCUT2D eigenvalue weighted by atomic mass is 9.94. The summed E-state index contributed by atoms with van der Waals surface area (Å²) in [7, 11) is 0. The molecule has 2 amide bonds. The van der Waals surface area contributed by atoms with Crippen LogP contribution >= 0.6 is 0 Å². The SMILES string of the molecule is CC(=O)N[C@@H]1[C@@H](O)[C@H](O[C@@H]2O[C@H](CO)[C@@H](O[C@H]3O[C@H](CO)[C@@H](O[C@@H]4O[C@H](CO)[C@@H](O[C@H]5O[C@H](CO)[C@@H](O[C@@H]6O[C@H](CO)[C@@H](O)[C@H](O)[C@@H]6O)[C@H](O)[C@@H]5O)[C@H](O)[C@@H]4O)[C@H](O)[C@@H]3O)[C@H](O)[C@H]2NC(C)=O)[C@@H](CO)O[C@H]1O. The molecule has 6 rings (SSSR count). The summed E-state index contributed by atoms with van der Waals surface area (Å²) < 4.78 is 61.9. The fourth-order valence-electron chi connectivity index (χ4n) is 9.33. The molecule has 73 heavy (non-hydrogen) atoms. The van der Waals surface area contributed by atoms with Gasteiger partial charge in [-0.3, -0.25) is 9.59 Å². The van der Waals surface area contributed by atoms with Gasteiger partial charge in [0.05, 0.1) is 39.6 Å². The second-order valence-corrected chi connectivity index (χ2v) is 18.2. The summed E-state index contributed by atoms with van der Waals surface area (Å²) in [6, 6.07) is -3.16. The quantitative estimate of drug-likeness (QED) is 0.0606. The van der Waals surface area contributed by atoms with Crippen molar-refractivity contribution in [2.75, 3.05) is 39.6 Å². The molecule has 0 bridgehead atoms. The zero-order chi connectivity index (χ0) is 53.9. The number of aliphatic hydroxyl groups is 18. The highest BCUT2D eigenvalue weighted by Gasteiger charge is 2.58. The molecule has 6 aliphatic rings. The third-order valence-corrected chi connectivity index (χ3v) is 13.2. The lowest BCUT2D eigenvalue weighted by molar-refractivity contribution is -0.393. The van der Waals surface area contributed by atoms with Crippen molar-refractivity contribution in [3.05, 3.63) is 0 Å². The first kappa shape index (κ1) is 60.0. The Morgan fingerprint density at radius 3 is 0.932 bits per heavy atom. The standard InChI is InChI=1S/C40H68N2O31/c1-9(49)41-17-20(52)30(12(4-44)63-35(17)62)69-36-18(42-10(2)50)21(53)31(13(5-45)65-36)70-38-27(59)23(55)33(15(7-47)66-38)72-40-29(61)25(57)34(16(8-48)68-40)73-39-28(60)24(56)32(14(6-46)67-39)71-37-26(58)22(54)19(51)11(3-43)64-37/h11-40,43-48,51-62H,3-8H2,1-2H3,(H,41,49)(H,42,50)/t11-,12-,13-,14-,15-,16-,17-,18-,19-,20-,21-,22+,23-,24-,25-,26+,27+,28+,29+,30-,31-,32-,33-,34-,35-,36+,37+,38-,39-,40+/m1/s1. The molecule has 6 heterocycles. The van der Waals surface area contributed by atoms with Crippen LogP contribution in [-0.4, -0.2) is 327 Å². The third-order valence-electron chi connectivity index (χ3n) is 13.2. The van der Waals surface area contributed by atoms with Crippen LogP contribution in [0.5, 0.6) is 0 Å². The van der Waals surface area contributed by atoms with Crippen LogP contribution in [0.15, 0.2) is 0 Å². The van der Waals surface area contributed by atoms with Crippen LogP contribution in [-0.2, 0) is 61.7 Å². The van der Waals surface area contributed by atoms with Crippen molar-refractivity contribution in [3.63, 3.8) is 0 Å². The summed E-state index contributed by atoms with van der Waals surface area (Å²) in [6.07, 6.45) is -52.3. The fourth-order valence-corrected chi connectivity index (χ4v) is 9.33. The van der Waals surface area contributed by atoms with Gasteiger partial charge >= 0.3 is 0 Å². The first-order valence-corrected chi connectivity index (χ1v) is 23.1. The van der Waals surface area contributed by atoms with E-state index in [-0.39, 0.29) is 0 Å². The van der Waals surface area contributed by atoms with Crippen molar-refractivity contribution in [2.45, 2.75) is 198 Å². The van der Waals surface area contributed by atoms with Gasteiger partial charge in [-0.1, -0.05) is 0 Å². The maximum Gasteiger partial charge on any atom is 0.217 e. The predicted octanol–water partition coefficient (Wildman–Crippen LogP) is -13.8. The molecule has 6 aliphatic heterocycles. The average Bonchev–Trinajstić information content (AvgIpc) is 3.36. The summed E-state index contributed by atoms with van der Waals surface area (Å²) >= 11 is 0. The maximum atomic E-state index is 12.4. The van der Waals surface area contributed by atoms with E-state index < -0.39 is 236 Å². The Labute approximate surface area is 413 Å². The van der Waals surface area contributed by atoms with E-state index in [9.17, 15) is 102 Å². The van der Waals surface area contributed by atoms with Crippen molar-refractivity contribution in [2.24, 2.45) is 0 Å². The summed E-state index contributed by atoms with van der Waals surface area (Å²) in [5, 5.41) is 196. The Balaban J connectivity index is 1.10. The van der Waals surface area contributed by atoms with Crippen LogP contribution in [0.1, 0.15) is 13.8 Å². The van der Waals surface area contributed by atoms with E-state index in [4.69, 9.17) is 52.1 Å². The number of hydrogen-bond acceptors (Lipinski definition) is 31. The Morgan fingerprint density at radius 2 is 0.589 bits per heavy atom. The molecular formula is C40H68N2O31. The van der Waals surface area contributed by atoms with Crippen molar-refractivity contribution >= 4 is 11.8 Å². The molecule has 0 unspecified atom stereocenters. The fraction of sp³-hybridized carbons (Fsp3) is 0.950. The number of carbonyl (C=O) groups is 2. The zero-order valence-corrected chi connectivity index (χ0v) is 38.9. The number of amides is 2. The van der Waals surface area contributed by atoms with Gasteiger partial charge < -0.3 is 155 Å². The van der Waals surface area contributed by atoms with Crippen LogP contribution in [0.3, 0.4) is 0 Å². The summed E-state index contributed by atoms with van der Waals surface area (Å²) in [5.41, 5.74) is 0. The first-order valence-electron chi connectivity index (χ1n) is 23.1. The Bertz CT molecular complexity index is 1740. The Hall–Kier alpha value is -2.22. The van der Waals surface area contributed by atoms with E-state index in [1.54, 1.807) is 0 Å². The minimum absolute atomic E-state index is 0.694. The molecule has 0 radical (unpaired) electrons. The number of hydrogen-bond donors (Lipinski definition) is 20. The zero-order valence-electron chi connectivity index (χ0n) is 38.9. The van der Waals surface area contributed by atoms with E-state index in [0.29, 0.717) is 0 Å². The van der Waals surface area contributed by atoms with E-state index in [1.807, 2.05) is 0 Å². The molecule has 0 aromatic rings. The van der Waals surface area contributed by atoms with Crippen molar-refractivity contribution in [1.29, 1.82) is 0 Å². The first-order chi connectivity index (χ1) is 34.5. The van der Waals surface area contributed by atoms with Gasteiger partial charge in [-0.25, -0.2) is 0 Å². The lowest BCUT2D eigenvalue weighted by Gasteiger charge is -2.50. The molecule has 6 saturated heterocycles. The van der Waals surface area contributed by atoms with Crippen molar-refractivity contribution in [3.8, 4) is 0 Å². The van der Waals surface area contributed by atoms with Crippen LogP contribution in [0.2, 0.25) is 0 Å². The molecule has 6 fully saturated rings. The monoisotopic (exact) mass is 1070 g/mol. The topological polar surface area (TPSA) is 524 Å². The third kappa shape index (κ3) is 12.9. The minimum atomic E-state index is -2.19.